The Labute approximate surface area is 173 Å². The number of hydrogen-bond donors (Lipinski definition) is 0. The Balaban J connectivity index is 1.52. The summed E-state index contributed by atoms with van der Waals surface area (Å²) in [6.45, 7) is 0.704. The highest BCUT2D eigenvalue weighted by molar-refractivity contribution is 7.13. The first-order valence-corrected chi connectivity index (χ1v) is 10.8. The van der Waals surface area contributed by atoms with Crippen LogP contribution in [0.25, 0.3) is 21.4 Å². The van der Waals surface area contributed by atoms with Crippen molar-refractivity contribution in [2.24, 2.45) is 0 Å². The summed E-state index contributed by atoms with van der Waals surface area (Å²) in [5.74, 6) is 0.726. The van der Waals surface area contributed by atoms with Crippen molar-refractivity contribution in [3.63, 3.8) is 0 Å². The van der Waals surface area contributed by atoms with Crippen molar-refractivity contribution in [2.45, 2.75) is 31.7 Å². The number of carbonyl (C=O) groups excluding carboxylic acids is 1. The molecule has 1 aromatic carbocycles. The van der Waals surface area contributed by atoms with Crippen LogP contribution in [0.1, 0.15) is 47.9 Å². The normalized spacial score (nSPS) is 17.4. The van der Waals surface area contributed by atoms with E-state index in [0.717, 1.165) is 52.8 Å². The molecule has 1 unspecified atom stereocenters. The number of amides is 1. The van der Waals surface area contributed by atoms with Gasteiger partial charge in [-0.1, -0.05) is 48.3 Å². The summed E-state index contributed by atoms with van der Waals surface area (Å²) in [7, 11) is 0. The van der Waals surface area contributed by atoms with Crippen molar-refractivity contribution < 1.29 is 9.32 Å². The minimum Gasteiger partial charge on any atom is -0.355 e. The summed E-state index contributed by atoms with van der Waals surface area (Å²) in [6.07, 6.45) is 5.76. The van der Waals surface area contributed by atoms with Gasteiger partial charge >= 0.3 is 0 Å². The number of pyridine rings is 1. The van der Waals surface area contributed by atoms with Gasteiger partial charge in [-0.25, -0.2) is 0 Å². The molecule has 1 saturated heterocycles. The smallest absolute Gasteiger partial charge is 0.273 e. The van der Waals surface area contributed by atoms with Crippen LogP contribution in [-0.4, -0.2) is 27.5 Å². The van der Waals surface area contributed by atoms with E-state index in [0.29, 0.717) is 12.2 Å². The fourth-order valence-corrected chi connectivity index (χ4v) is 4.74. The van der Waals surface area contributed by atoms with E-state index in [9.17, 15) is 4.79 Å². The van der Waals surface area contributed by atoms with Gasteiger partial charge in [0, 0.05) is 24.2 Å². The fourth-order valence-electron chi connectivity index (χ4n) is 4.07. The number of rotatable bonds is 3. The lowest BCUT2D eigenvalue weighted by atomic mass is 10.0. The highest BCUT2D eigenvalue weighted by Gasteiger charge is 2.31. The van der Waals surface area contributed by atoms with Gasteiger partial charge in [0.2, 0.25) is 0 Å². The second-order valence-corrected chi connectivity index (χ2v) is 8.29. The number of likely N-dealkylation sites (tertiary alicyclic amines) is 1. The molecule has 4 aromatic rings. The monoisotopic (exact) mass is 403 g/mol. The first kappa shape index (κ1) is 18.1. The number of carbonyl (C=O) groups is 1. The van der Waals surface area contributed by atoms with Crippen LogP contribution in [0.15, 0.2) is 64.6 Å². The molecule has 0 aliphatic carbocycles. The molecule has 0 radical (unpaired) electrons. The van der Waals surface area contributed by atoms with Gasteiger partial charge in [0.1, 0.15) is 11.4 Å². The second kappa shape index (κ2) is 7.79. The van der Waals surface area contributed by atoms with Gasteiger partial charge in [0.15, 0.2) is 5.76 Å². The van der Waals surface area contributed by atoms with Crippen LogP contribution in [0, 0.1) is 0 Å². The van der Waals surface area contributed by atoms with E-state index in [-0.39, 0.29) is 11.9 Å². The maximum atomic E-state index is 13.6. The van der Waals surface area contributed by atoms with Gasteiger partial charge in [-0.05, 0) is 35.7 Å². The Morgan fingerprint density at radius 2 is 2.03 bits per heavy atom. The average Bonchev–Trinajstić information content (AvgIpc) is 3.41. The lowest BCUT2D eigenvalue weighted by molar-refractivity contribution is 0.0670. The van der Waals surface area contributed by atoms with Crippen molar-refractivity contribution in [3.8, 4) is 10.6 Å². The van der Waals surface area contributed by atoms with Gasteiger partial charge in [0.25, 0.3) is 5.91 Å². The number of benzene rings is 1. The molecule has 29 heavy (non-hydrogen) atoms. The van der Waals surface area contributed by atoms with Crippen LogP contribution in [0.3, 0.4) is 0 Å². The van der Waals surface area contributed by atoms with Crippen molar-refractivity contribution in [1.29, 1.82) is 0 Å². The molecular weight excluding hydrogens is 382 g/mol. The van der Waals surface area contributed by atoms with Crippen LogP contribution in [0.5, 0.6) is 0 Å². The van der Waals surface area contributed by atoms with Crippen LogP contribution >= 0.6 is 11.3 Å². The molecule has 0 spiro atoms. The maximum absolute atomic E-state index is 13.6. The van der Waals surface area contributed by atoms with Crippen molar-refractivity contribution >= 4 is 28.0 Å². The van der Waals surface area contributed by atoms with Crippen molar-refractivity contribution in [1.82, 2.24) is 15.0 Å². The fraction of sp³-hybridized carbons (Fsp3) is 0.261. The van der Waals surface area contributed by atoms with Gasteiger partial charge in [0.05, 0.1) is 10.9 Å². The largest absolute Gasteiger partial charge is 0.355 e. The number of aromatic nitrogens is 2. The number of thiophene rings is 1. The van der Waals surface area contributed by atoms with E-state index in [2.05, 4.69) is 10.1 Å². The van der Waals surface area contributed by atoms with E-state index in [1.54, 1.807) is 17.5 Å². The molecular formula is C23H21N3O2S. The zero-order chi connectivity index (χ0) is 19.6. The van der Waals surface area contributed by atoms with Gasteiger partial charge in [-0.15, -0.1) is 11.3 Å². The second-order valence-electron chi connectivity index (χ2n) is 7.34. The molecule has 1 aliphatic heterocycles. The molecule has 146 valence electrons. The van der Waals surface area contributed by atoms with Gasteiger partial charge in [-0.3, -0.25) is 9.78 Å². The first-order valence-electron chi connectivity index (χ1n) is 9.96. The summed E-state index contributed by atoms with van der Waals surface area (Å²) in [5, 5.41) is 8.28. The number of hydrogen-bond acceptors (Lipinski definition) is 5. The Hall–Kier alpha value is -2.99. The molecule has 4 heterocycles. The molecule has 0 N–H and O–H groups in total. The lowest BCUT2D eigenvalue weighted by Crippen LogP contribution is -2.35. The summed E-state index contributed by atoms with van der Waals surface area (Å²) in [5.41, 5.74) is 1.33. The van der Waals surface area contributed by atoms with Gasteiger partial charge < -0.3 is 9.42 Å². The molecule has 5 rings (SSSR count). The van der Waals surface area contributed by atoms with Crippen molar-refractivity contribution in [3.05, 3.63) is 71.5 Å². The maximum Gasteiger partial charge on any atom is 0.273 e. The summed E-state index contributed by atoms with van der Waals surface area (Å²) >= 11 is 1.62. The van der Waals surface area contributed by atoms with E-state index >= 15 is 0 Å². The quantitative estimate of drug-likeness (QED) is 0.440. The minimum absolute atomic E-state index is 0.0330. The van der Waals surface area contributed by atoms with Crippen molar-refractivity contribution in [2.75, 3.05) is 6.54 Å². The summed E-state index contributed by atoms with van der Waals surface area (Å²) in [4.78, 5) is 21.0. The minimum atomic E-state index is -0.0942. The molecule has 0 bridgehead atoms. The number of fused-ring (bicyclic) bond motifs is 1. The van der Waals surface area contributed by atoms with E-state index in [4.69, 9.17) is 4.52 Å². The van der Waals surface area contributed by atoms with Gasteiger partial charge in [-0.2, -0.15) is 0 Å². The predicted octanol–water partition coefficient (Wildman–Crippen LogP) is 5.71. The molecule has 1 atom stereocenters. The van der Waals surface area contributed by atoms with Crippen LogP contribution in [0.2, 0.25) is 0 Å². The molecule has 1 fully saturated rings. The topological polar surface area (TPSA) is 59.2 Å². The van der Waals surface area contributed by atoms with Crippen LogP contribution in [0.4, 0.5) is 0 Å². The van der Waals surface area contributed by atoms with E-state index in [1.165, 1.54) is 0 Å². The predicted molar refractivity (Wildman–Crippen MR) is 114 cm³/mol. The molecule has 3 aromatic heterocycles. The zero-order valence-electron chi connectivity index (χ0n) is 16.0. The number of nitrogens with zero attached hydrogens (tertiary/aromatic N) is 3. The summed E-state index contributed by atoms with van der Waals surface area (Å²) < 4.78 is 5.61. The molecule has 6 heteroatoms. The third-order valence-corrected chi connectivity index (χ3v) is 6.41. The molecule has 5 nitrogen and oxygen atoms in total. The Morgan fingerprint density at radius 3 is 2.93 bits per heavy atom. The molecule has 0 saturated carbocycles. The lowest BCUT2D eigenvalue weighted by Gasteiger charge is -2.28. The standard InChI is InChI=1S/C23H21N3O2S/c27-23(22-17-8-4-3-7-16(17)11-12-24-22)26-13-5-1-2-9-19(26)18-15-20(28-25-18)21-10-6-14-29-21/h3-4,6-8,10-12,14-15,19H,1-2,5,9,13H2. The Morgan fingerprint density at radius 1 is 1.10 bits per heavy atom. The van der Waals surface area contributed by atoms with E-state index < -0.39 is 0 Å². The average molecular weight is 404 g/mol. The van der Waals surface area contributed by atoms with E-state index in [1.807, 2.05) is 58.8 Å². The third-order valence-electron chi connectivity index (χ3n) is 5.52. The first-order chi connectivity index (χ1) is 14.3. The van der Waals surface area contributed by atoms with Crippen LogP contribution in [-0.2, 0) is 0 Å². The third kappa shape index (κ3) is 3.44. The SMILES string of the molecule is O=C(c1nccc2ccccc12)N1CCCCCC1c1cc(-c2cccs2)on1. The Bertz CT molecular complexity index is 1130. The molecule has 1 aliphatic rings. The summed E-state index contributed by atoms with van der Waals surface area (Å²) in [6, 6.07) is 15.8. The zero-order valence-corrected chi connectivity index (χ0v) is 16.8. The Kier molecular flexibility index (Phi) is 4.86. The highest BCUT2D eigenvalue weighted by Crippen LogP contribution is 2.34. The molecule has 1 amide bonds. The van der Waals surface area contributed by atoms with Crippen LogP contribution < -0.4 is 0 Å². The highest BCUT2D eigenvalue weighted by atomic mass is 32.1.